The first-order valence-electron chi connectivity index (χ1n) is 12.4. The van der Waals surface area contributed by atoms with Crippen LogP contribution < -0.4 is 4.84 Å². The number of nitrogens with zero attached hydrogens (tertiary/aromatic N) is 5. The van der Waals surface area contributed by atoms with Crippen molar-refractivity contribution in [1.82, 2.24) is 25.4 Å². The second kappa shape index (κ2) is 10.9. The number of aromatic nitrogens is 5. The Morgan fingerprint density at radius 1 is 0.744 bits per heavy atom. The van der Waals surface area contributed by atoms with Crippen LogP contribution in [-0.2, 0) is 11.3 Å². The van der Waals surface area contributed by atoms with Crippen LogP contribution in [0.1, 0.15) is 22.8 Å². The Bertz CT molecular complexity index is 1730. The molecule has 0 amide bonds. The van der Waals surface area contributed by atoms with Crippen molar-refractivity contribution in [1.29, 1.82) is 0 Å². The molecule has 2 heterocycles. The van der Waals surface area contributed by atoms with Crippen molar-refractivity contribution in [3.05, 3.63) is 108 Å². The van der Waals surface area contributed by atoms with Gasteiger partial charge in [0.25, 0.3) is 0 Å². The second-order valence-electron chi connectivity index (χ2n) is 8.73. The van der Waals surface area contributed by atoms with E-state index in [1.807, 2.05) is 31.2 Å². The van der Waals surface area contributed by atoms with Gasteiger partial charge >= 0.3 is 5.97 Å². The van der Waals surface area contributed by atoms with Crippen LogP contribution in [0.2, 0.25) is 0 Å². The van der Waals surface area contributed by atoms with E-state index in [2.05, 4.69) is 69.0 Å². The van der Waals surface area contributed by atoms with Gasteiger partial charge in [0.15, 0.2) is 0 Å². The fourth-order valence-corrected chi connectivity index (χ4v) is 4.92. The Kier molecular flexibility index (Phi) is 6.90. The fourth-order valence-electron chi connectivity index (χ4n) is 4.07. The van der Waals surface area contributed by atoms with Crippen molar-refractivity contribution in [2.45, 2.75) is 13.5 Å². The molecule has 6 aromatic rings. The maximum absolute atomic E-state index is 12.6. The molecule has 0 radical (unpaired) electrons. The van der Waals surface area contributed by atoms with Crippen LogP contribution in [0, 0.1) is 0 Å². The van der Waals surface area contributed by atoms with E-state index >= 15 is 0 Å². The lowest BCUT2D eigenvalue weighted by molar-refractivity contribution is 0.0409. The summed E-state index contributed by atoms with van der Waals surface area (Å²) in [5, 5.41) is 18.2. The van der Waals surface area contributed by atoms with E-state index in [4.69, 9.17) is 9.57 Å². The first kappa shape index (κ1) is 24.6. The summed E-state index contributed by atoms with van der Waals surface area (Å²) in [4.78, 5) is 19.2. The van der Waals surface area contributed by atoms with Crippen LogP contribution in [0.4, 0.5) is 0 Å². The molecule has 39 heavy (non-hydrogen) atoms. The molecule has 0 aliphatic rings. The quantitative estimate of drug-likeness (QED) is 0.219. The van der Waals surface area contributed by atoms with Gasteiger partial charge in [0.2, 0.25) is 0 Å². The monoisotopic (exact) mass is 533 g/mol. The van der Waals surface area contributed by atoms with Gasteiger partial charge in [-0.25, -0.2) is 4.79 Å². The van der Waals surface area contributed by atoms with Crippen molar-refractivity contribution in [3.8, 4) is 32.3 Å². The highest BCUT2D eigenvalue weighted by Gasteiger charge is 2.14. The zero-order valence-corrected chi connectivity index (χ0v) is 21.8. The van der Waals surface area contributed by atoms with E-state index in [9.17, 15) is 4.79 Å². The zero-order valence-electron chi connectivity index (χ0n) is 21.0. The van der Waals surface area contributed by atoms with Crippen molar-refractivity contribution >= 4 is 28.3 Å². The molecule has 192 valence electrons. The molecule has 6 rings (SSSR count). The van der Waals surface area contributed by atoms with E-state index in [1.54, 1.807) is 24.3 Å². The topological polar surface area (TPSA) is 92.0 Å². The number of fused-ring (bicyclic) bond motifs is 1. The molecule has 0 atom stereocenters. The Morgan fingerprint density at radius 3 is 2.00 bits per heavy atom. The standard InChI is InChI=1S/C30H23N5O3S/c1-2-37-19-20-7-9-21(10-8-20)22-11-13-23(14-12-22)28-32-33-29(39-28)24-15-17-25(18-16-24)30(36)38-35-27-6-4-3-5-26(27)31-34-35/h3-18H,2,19H2,1H3. The molecule has 4 aromatic carbocycles. The molecule has 0 N–H and O–H groups in total. The van der Waals surface area contributed by atoms with Crippen LogP contribution in [0.5, 0.6) is 0 Å². The number of rotatable bonds is 8. The summed E-state index contributed by atoms with van der Waals surface area (Å²) in [6.07, 6.45) is 0. The minimum Gasteiger partial charge on any atom is -0.377 e. The highest BCUT2D eigenvalue weighted by molar-refractivity contribution is 7.17. The van der Waals surface area contributed by atoms with Crippen molar-refractivity contribution in [3.63, 3.8) is 0 Å². The highest BCUT2D eigenvalue weighted by Crippen LogP contribution is 2.31. The molecule has 0 saturated carbocycles. The fraction of sp³-hybridized carbons (Fsp3) is 0.100. The van der Waals surface area contributed by atoms with E-state index < -0.39 is 5.97 Å². The number of benzene rings is 4. The van der Waals surface area contributed by atoms with E-state index in [0.717, 1.165) is 42.7 Å². The number of carbonyl (C=O) groups is 1. The van der Waals surface area contributed by atoms with Crippen LogP contribution in [0.3, 0.4) is 0 Å². The van der Waals surface area contributed by atoms with Gasteiger partial charge in [-0.1, -0.05) is 89.0 Å². The lowest BCUT2D eigenvalue weighted by atomic mass is 10.0. The van der Waals surface area contributed by atoms with Gasteiger partial charge in [0, 0.05) is 17.7 Å². The summed E-state index contributed by atoms with van der Waals surface area (Å²) < 4.78 is 5.47. The molecule has 2 aromatic heterocycles. The molecular formula is C30H23N5O3S. The summed E-state index contributed by atoms with van der Waals surface area (Å²) in [5.41, 5.74) is 6.96. The van der Waals surface area contributed by atoms with Crippen LogP contribution >= 0.6 is 11.3 Å². The maximum atomic E-state index is 12.6. The summed E-state index contributed by atoms with van der Waals surface area (Å²) >= 11 is 1.50. The Hall–Kier alpha value is -4.73. The summed E-state index contributed by atoms with van der Waals surface area (Å²) in [7, 11) is 0. The van der Waals surface area contributed by atoms with E-state index in [-0.39, 0.29) is 0 Å². The normalized spacial score (nSPS) is 11.1. The molecule has 0 fully saturated rings. The average molecular weight is 534 g/mol. The Morgan fingerprint density at radius 2 is 1.33 bits per heavy atom. The minimum atomic E-state index is -0.529. The van der Waals surface area contributed by atoms with Crippen molar-refractivity contribution in [2.24, 2.45) is 0 Å². The smallest absolute Gasteiger partial charge is 0.365 e. The van der Waals surface area contributed by atoms with Gasteiger partial charge in [-0.2, -0.15) is 0 Å². The Labute approximate surface area is 228 Å². The predicted molar refractivity (Wildman–Crippen MR) is 150 cm³/mol. The SMILES string of the molecule is CCOCc1ccc(-c2ccc(-c3nnc(-c4ccc(C(=O)On5nnc6ccccc65)cc4)s3)cc2)cc1. The van der Waals surface area contributed by atoms with Crippen molar-refractivity contribution < 1.29 is 14.4 Å². The number of carbonyl (C=O) groups excluding carboxylic acids is 1. The number of hydrogen-bond donors (Lipinski definition) is 0. The molecule has 0 unspecified atom stereocenters. The first-order valence-corrected chi connectivity index (χ1v) is 13.2. The number of para-hydroxylation sites is 1. The van der Waals surface area contributed by atoms with Crippen molar-refractivity contribution in [2.75, 3.05) is 6.61 Å². The third-order valence-electron chi connectivity index (χ3n) is 6.18. The molecule has 0 aliphatic heterocycles. The lowest BCUT2D eigenvalue weighted by Gasteiger charge is -2.05. The van der Waals surface area contributed by atoms with E-state index in [0.29, 0.717) is 29.8 Å². The zero-order chi connectivity index (χ0) is 26.6. The van der Waals surface area contributed by atoms with Crippen LogP contribution in [-0.4, -0.2) is 37.9 Å². The Balaban J connectivity index is 1.13. The average Bonchev–Trinajstić information content (AvgIpc) is 3.65. The minimum absolute atomic E-state index is 0.393. The van der Waals surface area contributed by atoms with Gasteiger partial charge in [-0.05, 0) is 53.1 Å². The van der Waals surface area contributed by atoms with Gasteiger partial charge < -0.3 is 9.57 Å². The molecule has 8 nitrogen and oxygen atoms in total. The largest absolute Gasteiger partial charge is 0.377 e. The van der Waals surface area contributed by atoms with E-state index in [1.165, 1.54) is 11.3 Å². The maximum Gasteiger partial charge on any atom is 0.365 e. The van der Waals surface area contributed by atoms with Gasteiger partial charge in [0.1, 0.15) is 21.0 Å². The van der Waals surface area contributed by atoms with Gasteiger partial charge in [-0.15, -0.1) is 15.3 Å². The molecule has 0 bridgehead atoms. The summed E-state index contributed by atoms with van der Waals surface area (Å²) in [5.74, 6) is -0.529. The van der Waals surface area contributed by atoms with Gasteiger partial charge in [0.05, 0.1) is 12.2 Å². The first-order chi connectivity index (χ1) is 19.2. The predicted octanol–water partition coefficient (Wildman–Crippen LogP) is 6.09. The third kappa shape index (κ3) is 5.31. The molecule has 0 spiro atoms. The molecule has 0 saturated heterocycles. The lowest BCUT2D eigenvalue weighted by Crippen LogP contribution is -2.20. The van der Waals surface area contributed by atoms with Crippen LogP contribution in [0.15, 0.2) is 97.1 Å². The number of ether oxygens (including phenoxy) is 1. The second-order valence-corrected chi connectivity index (χ2v) is 9.71. The molecule has 9 heteroatoms. The van der Waals surface area contributed by atoms with Crippen LogP contribution in [0.25, 0.3) is 43.3 Å². The van der Waals surface area contributed by atoms with Gasteiger partial charge in [-0.3, -0.25) is 0 Å². The molecular weight excluding hydrogens is 510 g/mol. The number of hydrogen-bond acceptors (Lipinski definition) is 8. The highest BCUT2D eigenvalue weighted by atomic mass is 32.1. The molecule has 0 aliphatic carbocycles. The third-order valence-corrected chi connectivity index (χ3v) is 7.20. The summed E-state index contributed by atoms with van der Waals surface area (Å²) in [6.45, 7) is 3.33. The summed E-state index contributed by atoms with van der Waals surface area (Å²) in [6, 6.07) is 31.0.